The second kappa shape index (κ2) is 4.12. The highest BCUT2D eigenvalue weighted by Gasteiger charge is 2.25. The van der Waals surface area contributed by atoms with Crippen LogP contribution in [0.4, 0.5) is 0 Å². The fraction of sp³-hybridized carbons (Fsp3) is 0.167. The van der Waals surface area contributed by atoms with Gasteiger partial charge in [-0.3, -0.25) is 4.79 Å². The molecule has 2 heterocycles. The number of halogens is 1. The van der Waals surface area contributed by atoms with Crippen LogP contribution in [0.5, 0.6) is 0 Å². The van der Waals surface area contributed by atoms with E-state index >= 15 is 0 Å². The minimum Gasteiger partial charge on any atom is -0.370 e. The lowest BCUT2D eigenvalue weighted by atomic mass is 10.1. The van der Waals surface area contributed by atoms with Gasteiger partial charge in [-0.2, -0.15) is 5.10 Å². The first-order valence-electron chi connectivity index (χ1n) is 5.47. The number of aliphatic hydroxyl groups excluding tert-OH is 1. The number of fused-ring (bicyclic) bond motifs is 1. The van der Waals surface area contributed by atoms with E-state index in [-0.39, 0.29) is 12.5 Å². The van der Waals surface area contributed by atoms with Crippen LogP contribution in [0, 0.1) is 0 Å². The number of nitrogens with one attached hydrogen (secondary N) is 1. The molecular weight excluding hydrogens is 254 g/mol. The van der Waals surface area contributed by atoms with Crippen molar-refractivity contribution in [3.8, 4) is 11.3 Å². The van der Waals surface area contributed by atoms with Crippen LogP contribution in [0.2, 0.25) is 5.02 Å². The van der Waals surface area contributed by atoms with Crippen LogP contribution in [-0.4, -0.2) is 27.3 Å². The molecule has 5 nitrogen and oxygen atoms in total. The molecular formula is C12H10ClN3O2. The maximum atomic E-state index is 11.6. The minimum absolute atomic E-state index is 0.174. The number of β-amino-alcohol motifs (C(OH)–C–C–N with tert-alkyl or cyclic N) is 1. The van der Waals surface area contributed by atoms with E-state index in [2.05, 4.69) is 10.4 Å². The summed E-state index contributed by atoms with van der Waals surface area (Å²) in [5.41, 5.74) is 1.85. The summed E-state index contributed by atoms with van der Waals surface area (Å²) in [6.07, 6.45) is -0.821. The van der Waals surface area contributed by atoms with Crippen molar-refractivity contribution in [2.45, 2.75) is 6.23 Å². The van der Waals surface area contributed by atoms with Gasteiger partial charge in [-0.15, -0.1) is 0 Å². The van der Waals surface area contributed by atoms with Crippen LogP contribution in [0.1, 0.15) is 16.7 Å². The van der Waals surface area contributed by atoms with Gasteiger partial charge < -0.3 is 10.4 Å². The molecule has 0 aliphatic carbocycles. The second-order valence-corrected chi connectivity index (χ2v) is 4.49. The Hall–Kier alpha value is -1.85. The van der Waals surface area contributed by atoms with Crippen LogP contribution in [0.3, 0.4) is 0 Å². The highest BCUT2D eigenvalue weighted by atomic mass is 35.5. The number of aliphatic hydroxyl groups is 1. The molecule has 1 atom stereocenters. The standard InChI is InChI=1S/C12H10ClN3O2/c13-8-3-1-7(2-4-8)9-5-10-12(18)14-6-11(17)16(10)15-9/h1-5,11,17H,6H2,(H,14,18)/t11-/m0/s1. The predicted molar refractivity (Wildman–Crippen MR) is 66.3 cm³/mol. The van der Waals surface area contributed by atoms with E-state index in [1.807, 2.05) is 12.1 Å². The van der Waals surface area contributed by atoms with Gasteiger partial charge in [0.15, 0.2) is 6.23 Å². The molecule has 1 amide bonds. The molecule has 0 unspecified atom stereocenters. The van der Waals surface area contributed by atoms with E-state index in [1.165, 1.54) is 4.68 Å². The van der Waals surface area contributed by atoms with Gasteiger partial charge in [-0.05, 0) is 18.2 Å². The van der Waals surface area contributed by atoms with Crippen molar-refractivity contribution in [1.29, 1.82) is 0 Å². The molecule has 1 aliphatic heterocycles. The molecule has 2 aromatic rings. The average molecular weight is 264 g/mol. The summed E-state index contributed by atoms with van der Waals surface area (Å²) in [5.74, 6) is -0.229. The molecule has 18 heavy (non-hydrogen) atoms. The Morgan fingerprint density at radius 3 is 2.78 bits per heavy atom. The van der Waals surface area contributed by atoms with Crippen LogP contribution in [0.25, 0.3) is 11.3 Å². The lowest BCUT2D eigenvalue weighted by molar-refractivity contribution is 0.0594. The van der Waals surface area contributed by atoms with E-state index in [0.29, 0.717) is 16.4 Å². The fourth-order valence-corrected chi connectivity index (χ4v) is 2.04. The summed E-state index contributed by atoms with van der Waals surface area (Å²) in [6, 6.07) is 8.81. The summed E-state index contributed by atoms with van der Waals surface area (Å²) >= 11 is 5.82. The van der Waals surface area contributed by atoms with Crippen molar-refractivity contribution >= 4 is 17.5 Å². The van der Waals surface area contributed by atoms with Crippen LogP contribution in [-0.2, 0) is 0 Å². The van der Waals surface area contributed by atoms with E-state index in [1.54, 1.807) is 18.2 Å². The maximum absolute atomic E-state index is 11.6. The summed E-state index contributed by atoms with van der Waals surface area (Å²) in [7, 11) is 0. The van der Waals surface area contributed by atoms with E-state index < -0.39 is 6.23 Å². The smallest absolute Gasteiger partial charge is 0.269 e. The Bertz CT molecular complexity index is 606. The monoisotopic (exact) mass is 263 g/mol. The number of benzene rings is 1. The van der Waals surface area contributed by atoms with Crippen LogP contribution >= 0.6 is 11.6 Å². The third-order valence-corrected chi connectivity index (χ3v) is 3.09. The molecule has 0 bridgehead atoms. The number of hydrogen-bond donors (Lipinski definition) is 2. The Kier molecular flexibility index (Phi) is 2.57. The van der Waals surface area contributed by atoms with Gasteiger partial charge in [0, 0.05) is 10.6 Å². The van der Waals surface area contributed by atoms with Crippen molar-refractivity contribution < 1.29 is 9.90 Å². The van der Waals surface area contributed by atoms with E-state index in [0.717, 1.165) is 5.56 Å². The van der Waals surface area contributed by atoms with Gasteiger partial charge in [0.25, 0.3) is 5.91 Å². The minimum atomic E-state index is -0.821. The molecule has 1 aromatic carbocycles. The lowest BCUT2D eigenvalue weighted by Gasteiger charge is -2.19. The van der Waals surface area contributed by atoms with E-state index in [4.69, 9.17) is 11.6 Å². The van der Waals surface area contributed by atoms with Gasteiger partial charge in [0.05, 0.1) is 12.2 Å². The third kappa shape index (κ3) is 1.77. The highest BCUT2D eigenvalue weighted by Crippen LogP contribution is 2.23. The Labute approximate surface area is 108 Å². The van der Waals surface area contributed by atoms with Crippen molar-refractivity contribution in [2.24, 2.45) is 0 Å². The quantitative estimate of drug-likeness (QED) is 0.818. The maximum Gasteiger partial charge on any atom is 0.269 e. The van der Waals surface area contributed by atoms with Gasteiger partial charge >= 0.3 is 0 Å². The van der Waals surface area contributed by atoms with Gasteiger partial charge in [-0.25, -0.2) is 4.68 Å². The molecule has 3 rings (SSSR count). The molecule has 1 aromatic heterocycles. The predicted octanol–water partition coefficient (Wildman–Crippen LogP) is 1.44. The molecule has 0 spiro atoms. The number of rotatable bonds is 1. The van der Waals surface area contributed by atoms with Crippen molar-refractivity contribution in [3.63, 3.8) is 0 Å². The second-order valence-electron chi connectivity index (χ2n) is 4.06. The van der Waals surface area contributed by atoms with Gasteiger partial charge in [0.1, 0.15) is 5.69 Å². The first-order valence-corrected chi connectivity index (χ1v) is 5.85. The summed E-state index contributed by atoms with van der Waals surface area (Å²) < 4.78 is 1.34. The summed E-state index contributed by atoms with van der Waals surface area (Å²) in [4.78, 5) is 11.6. The molecule has 92 valence electrons. The molecule has 2 N–H and O–H groups in total. The lowest BCUT2D eigenvalue weighted by Crippen LogP contribution is -2.39. The topological polar surface area (TPSA) is 67.2 Å². The van der Waals surface area contributed by atoms with Crippen molar-refractivity contribution in [2.75, 3.05) is 6.54 Å². The normalized spacial score (nSPS) is 18.3. The Morgan fingerprint density at radius 2 is 2.11 bits per heavy atom. The number of aromatic nitrogens is 2. The zero-order chi connectivity index (χ0) is 12.7. The molecule has 1 aliphatic rings. The third-order valence-electron chi connectivity index (χ3n) is 2.84. The van der Waals surface area contributed by atoms with Crippen LogP contribution < -0.4 is 5.32 Å². The Balaban J connectivity index is 2.07. The largest absolute Gasteiger partial charge is 0.370 e. The Morgan fingerprint density at radius 1 is 1.39 bits per heavy atom. The fourth-order valence-electron chi connectivity index (χ4n) is 1.91. The number of nitrogens with zero attached hydrogens (tertiary/aromatic N) is 2. The highest BCUT2D eigenvalue weighted by molar-refractivity contribution is 6.30. The van der Waals surface area contributed by atoms with Crippen molar-refractivity contribution in [3.05, 3.63) is 41.0 Å². The first-order chi connectivity index (χ1) is 8.65. The summed E-state index contributed by atoms with van der Waals surface area (Å²) in [5, 5.41) is 17.2. The van der Waals surface area contributed by atoms with Crippen molar-refractivity contribution in [1.82, 2.24) is 15.1 Å². The van der Waals surface area contributed by atoms with Gasteiger partial charge in [0.2, 0.25) is 0 Å². The summed E-state index contributed by atoms with van der Waals surface area (Å²) in [6.45, 7) is 0.174. The molecule has 0 saturated heterocycles. The molecule has 0 saturated carbocycles. The van der Waals surface area contributed by atoms with E-state index in [9.17, 15) is 9.90 Å². The number of carbonyl (C=O) groups excluding carboxylic acids is 1. The molecule has 6 heteroatoms. The molecule has 0 radical (unpaired) electrons. The zero-order valence-electron chi connectivity index (χ0n) is 9.30. The van der Waals surface area contributed by atoms with Gasteiger partial charge in [-0.1, -0.05) is 23.7 Å². The first kappa shape index (κ1) is 11.3. The number of carbonyl (C=O) groups is 1. The number of hydrogen-bond acceptors (Lipinski definition) is 3. The molecule has 0 fully saturated rings. The zero-order valence-corrected chi connectivity index (χ0v) is 10.1. The van der Waals surface area contributed by atoms with Crippen LogP contribution in [0.15, 0.2) is 30.3 Å². The number of amides is 1. The average Bonchev–Trinajstić information content (AvgIpc) is 2.81. The SMILES string of the molecule is O=C1NC[C@H](O)n2nc(-c3ccc(Cl)cc3)cc21.